The van der Waals surface area contributed by atoms with E-state index in [1.165, 1.54) is 23.9 Å². The number of anilines is 1. The van der Waals surface area contributed by atoms with Crippen molar-refractivity contribution in [2.75, 3.05) is 17.7 Å². The molecule has 0 saturated heterocycles. The van der Waals surface area contributed by atoms with E-state index in [4.69, 9.17) is 4.74 Å². The van der Waals surface area contributed by atoms with Gasteiger partial charge in [-0.05, 0) is 47.3 Å². The second-order valence-electron chi connectivity index (χ2n) is 5.57. The molecule has 26 heavy (non-hydrogen) atoms. The van der Waals surface area contributed by atoms with Gasteiger partial charge in [-0.3, -0.25) is 0 Å². The fourth-order valence-corrected chi connectivity index (χ4v) is 3.27. The Morgan fingerprint density at radius 2 is 2.12 bits per heavy atom. The molecule has 0 fully saturated rings. The summed E-state index contributed by atoms with van der Waals surface area (Å²) < 4.78 is 33.3. The minimum Gasteiger partial charge on any atom is -0.488 e. The summed E-state index contributed by atoms with van der Waals surface area (Å²) in [6, 6.07) is 5.30. The van der Waals surface area contributed by atoms with Crippen LogP contribution >= 0.6 is 27.7 Å². The number of hydrogen-bond acceptors (Lipinski definition) is 5. The lowest BCUT2D eigenvalue weighted by molar-refractivity contribution is 0.204. The van der Waals surface area contributed by atoms with Gasteiger partial charge in [0.25, 0.3) is 0 Å². The Hall–Kier alpha value is -1.93. The number of thioether (sulfide) groups is 1. The van der Waals surface area contributed by atoms with Gasteiger partial charge in [0, 0.05) is 29.6 Å². The van der Waals surface area contributed by atoms with E-state index in [2.05, 4.69) is 25.9 Å². The third-order valence-corrected chi connectivity index (χ3v) is 5.01. The molecule has 1 aliphatic rings. The summed E-state index contributed by atoms with van der Waals surface area (Å²) >= 11 is 5.00. The van der Waals surface area contributed by atoms with E-state index >= 15 is 0 Å². The van der Waals surface area contributed by atoms with Crippen molar-refractivity contribution >= 4 is 33.5 Å². The lowest BCUT2D eigenvalue weighted by Gasteiger charge is -2.29. The first kappa shape index (κ1) is 18.8. The van der Waals surface area contributed by atoms with Crippen LogP contribution in [-0.4, -0.2) is 22.8 Å². The Kier molecular flexibility index (Phi) is 5.93. The van der Waals surface area contributed by atoms with Gasteiger partial charge in [-0.1, -0.05) is 11.8 Å². The maximum atomic E-state index is 13.7. The van der Waals surface area contributed by atoms with Crippen molar-refractivity contribution in [1.29, 1.82) is 0 Å². The van der Waals surface area contributed by atoms with Crippen LogP contribution in [0.1, 0.15) is 12.5 Å². The maximum Gasteiger partial charge on any atom is 0.189 e. The molecule has 3 rings (SSSR count). The van der Waals surface area contributed by atoms with E-state index in [-0.39, 0.29) is 6.61 Å². The number of benzene rings is 1. The van der Waals surface area contributed by atoms with Gasteiger partial charge in [0.1, 0.15) is 29.8 Å². The molecule has 0 radical (unpaired) electrons. The molecular weight excluding hydrogens is 424 g/mol. The van der Waals surface area contributed by atoms with Crippen molar-refractivity contribution in [1.82, 2.24) is 9.97 Å². The van der Waals surface area contributed by atoms with E-state index in [1.54, 1.807) is 6.20 Å². The first-order valence-corrected chi connectivity index (χ1v) is 9.78. The Labute approximate surface area is 163 Å². The second-order valence-corrected chi connectivity index (χ2v) is 7.30. The minimum absolute atomic E-state index is 0.0183. The van der Waals surface area contributed by atoms with Gasteiger partial charge in [-0.2, -0.15) is 0 Å². The standard InChI is InChI=1S/C18H16BrF2N3OS/c1-11-7-16(25-10-12-3-4-13(20)8-15(12)21)14(19)9-24(11)17-5-6-22-18(23-17)26-2/h3-8H,9-10H2,1-2H3. The van der Waals surface area contributed by atoms with Crippen LogP contribution in [0.15, 0.2) is 57.6 Å². The number of rotatable bonds is 5. The minimum atomic E-state index is -0.620. The lowest BCUT2D eigenvalue weighted by Crippen LogP contribution is -2.27. The molecule has 0 bridgehead atoms. The molecule has 0 spiro atoms. The largest absolute Gasteiger partial charge is 0.488 e. The zero-order valence-electron chi connectivity index (χ0n) is 14.2. The van der Waals surface area contributed by atoms with Crippen molar-refractivity contribution in [3.8, 4) is 0 Å². The second kappa shape index (κ2) is 8.18. The molecule has 2 aromatic rings. The SMILES string of the molecule is CSc1nccc(N2CC(Br)=C(OCc3ccc(F)cc3F)C=C2C)n1. The topological polar surface area (TPSA) is 38.2 Å². The third kappa shape index (κ3) is 4.24. The van der Waals surface area contributed by atoms with Crippen LogP contribution in [0.25, 0.3) is 0 Å². The maximum absolute atomic E-state index is 13.7. The Bertz CT molecular complexity index is 888. The zero-order valence-corrected chi connectivity index (χ0v) is 16.6. The van der Waals surface area contributed by atoms with Crippen LogP contribution in [0.4, 0.5) is 14.6 Å². The molecular formula is C18H16BrF2N3OS. The van der Waals surface area contributed by atoms with Crippen LogP contribution < -0.4 is 4.90 Å². The van der Waals surface area contributed by atoms with E-state index in [1.807, 2.05) is 30.2 Å². The van der Waals surface area contributed by atoms with Crippen molar-refractivity contribution < 1.29 is 13.5 Å². The molecule has 1 aliphatic heterocycles. The number of hydrogen-bond donors (Lipinski definition) is 0. The fourth-order valence-electron chi connectivity index (χ4n) is 2.44. The van der Waals surface area contributed by atoms with Crippen molar-refractivity contribution in [2.24, 2.45) is 0 Å². The summed E-state index contributed by atoms with van der Waals surface area (Å²) in [4.78, 5) is 10.7. The molecule has 2 heterocycles. The van der Waals surface area contributed by atoms with Gasteiger partial charge in [-0.15, -0.1) is 0 Å². The van der Waals surface area contributed by atoms with Crippen LogP contribution in [0.3, 0.4) is 0 Å². The monoisotopic (exact) mass is 439 g/mol. The Balaban J connectivity index is 1.74. The first-order chi connectivity index (χ1) is 12.5. The van der Waals surface area contributed by atoms with E-state index < -0.39 is 11.6 Å². The highest BCUT2D eigenvalue weighted by Crippen LogP contribution is 2.30. The number of halogens is 3. The van der Waals surface area contributed by atoms with Crippen LogP contribution in [0, 0.1) is 11.6 Å². The molecule has 4 nitrogen and oxygen atoms in total. The van der Waals surface area contributed by atoms with Crippen molar-refractivity contribution in [3.05, 3.63) is 69.7 Å². The predicted octanol–water partition coefficient (Wildman–Crippen LogP) is 5.02. The molecule has 0 N–H and O–H groups in total. The van der Waals surface area contributed by atoms with E-state index in [9.17, 15) is 8.78 Å². The van der Waals surface area contributed by atoms with Gasteiger partial charge < -0.3 is 9.64 Å². The summed E-state index contributed by atoms with van der Waals surface area (Å²) in [5, 5.41) is 0.698. The third-order valence-electron chi connectivity index (χ3n) is 3.81. The summed E-state index contributed by atoms with van der Waals surface area (Å²) in [7, 11) is 0. The fraction of sp³-hybridized carbons (Fsp3) is 0.222. The average Bonchev–Trinajstić information content (AvgIpc) is 2.63. The zero-order chi connectivity index (χ0) is 18.7. The molecule has 8 heteroatoms. The van der Waals surface area contributed by atoms with Gasteiger partial charge in [0.15, 0.2) is 5.16 Å². The molecule has 0 atom stereocenters. The highest BCUT2D eigenvalue weighted by atomic mass is 79.9. The Morgan fingerprint density at radius 3 is 2.85 bits per heavy atom. The number of aromatic nitrogens is 2. The molecule has 0 saturated carbocycles. The molecule has 0 aliphatic carbocycles. The summed E-state index contributed by atoms with van der Waals surface area (Å²) in [5.41, 5.74) is 1.24. The van der Waals surface area contributed by atoms with Gasteiger partial charge in [0.05, 0.1) is 11.0 Å². The first-order valence-electron chi connectivity index (χ1n) is 7.76. The number of nitrogens with zero attached hydrogens (tertiary/aromatic N) is 3. The predicted molar refractivity (Wildman–Crippen MR) is 102 cm³/mol. The number of ether oxygens (including phenoxy) is 1. The highest BCUT2D eigenvalue weighted by molar-refractivity contribution is 9.11. The molecule has 136 valence electrons. The molecule has 0 amide bonds. The summed E-state index contributed by atoms with van der Waals surface area (Å²) in [6.07, 6.45) is 5.51. The molecule has 0 unspecified atom stereocenters. The smallest absolute Gasteiger partial charge is 0.189 e. The van der Waals surface area contributed by atoms with Crippen molar-refractivity contribution in [3.63, 3.8) is 0 Å². The van der Waals surface area contributed by atoms with Crippen molar-refractivity contribution in [2.45, 2.75) is 18.7 Å². The quantitative estimate of drug-likeness (QED) is 0.482. The van der Waals surface area contributed by atoms with Gasteiger partial charge >= 0.3 is 0 Å². The normalized spacial score (nSPS) is 14.5. The number of allylic oxidation sites excluding steroid dienone is 2. The van der Waals surface area contributed by atoms with Crippen LogP contribution in [-0.2, 0) is 11.3 Å². The lowest BCUT2D eigenvalue weighted by atomic mass is 10.2. The Morgan fingerprint density at radius 1 is 1.31 bits per heavy atom. The highest BCUT2D eigenvalue weighted by Gasteiger charge is 2.20. The van der Waals surface area contributed by atoms with Gasteiger partial charge in [0.2, 0.25) is 0 Å². The summed E-state index contributed by atoms with van der Waals surface area (Å²) in [6.45, 7) is 2.50. The summed E-state index contributed by atoms with van der Waals surface area (Å²) in [5.74, 6) is 0.177. The van der Waals surface area contributed by atoms with Crippen LogP contribution in [0.5, 0.6) is 0 Å². The average molecular weight is 440 g/mol. The van der Waals surface area contributed by atoms with E-state index in [0.29, 0.717) is 23.0 Å². The molecule has 1 aromatic heterocycles. The van der Waals surface area contributed by atoms with E-state index in [0.717, 1.165) is 22.1 Å². The van der Waals surface area contributed by atoms with Crippen LogP contribution in [0.2, 0.25) is 0 Å². The van der Waals surface area contributed by atoms with Gasteiger partial charge in [-0.25, -0.2) is 18.7 Å². The molecule has 1 aromatic carbocycles.